The monoisotopic (exact) mass is 345 g/mol. The lowest BCUT2D eigenvalue weighted by atomic mass is 9.83. The van der Waals surface area contributed by atoms with Crippen LogP contribution < -0.4 is 14.4 Å². The summed E-state index contributed by atoms with van der Waals surface area (Å²) in [6, 6.07) is 25.7. The van der Waals surface area contributed by atoms with Gasteiger partial charge >= 0.3 is 0 Å². The molecule has 0 unspecified atom stereocenters. The van der Waals surface area contributed by atoms with Crippen molar-refractivity contribution in [2.45, 2.75) is 11.6 Å². The van der Waals surface area contributed by atoms with E-state index in [4.69, 9.17) is 9.47 Å². The minimum absolute atomic E-state index is 0.0346. The summed E-state index contributed by atoms with van der Waals surface area (Å²) in [7, 11) is 0. The van der Waals surface area contributed by atoms with Crippen molar-refractivity contribution in [3.05, 3.63) is 90.0 Å². The van der Waals surface area contributed by atoms with Gasteiger partial charge in [0.1, 0.15) is 5.60 Å². The molecule has 0 radical (unpaired) electrons. The third kappa shape index (κ3) is 2.34. The molecule has 0 aliphatic carbocycles. The average molecular weight is 345 g/mol. The van der Waals surface area contributed by atoms with E-state index in [1.54, 1.807) is 0 Å². The molecule has 4 heteroatoms. The van der Waals surface area contributed by atoms with Gasteiger partial charge in [-0.1, -0.05) is 60.7 Å². The first-order valence-electron chi connectivity index (χ1n) is 8.76. The smallest absolute Gasteiger partial charge is 0.231 e. The Morgan fingerprint density at radius 3 is 2.08 bits per heavy atom. The first-order valence-corrected chi connectivity index (χ1v) is 8.76. The predicted octanol–water partition coefficient (Wildman–Crippen LogP) is 3.54. The Hall–Kier alpha value is -2.98. The fourth-order valence-electron chi connectivity index (χ4n) is 3.78. The zero-order chi connectivity index (χ0) is 17.6. The Morgan fingerprint density at radius 2 is 1.42 bits per heavy atom. The minimum Gasteiger partial charge on any atom is -0.454 e. The standard InChI is InChI=1S/C22H19NO3/c24-22(16-7-3-1-4-8-16,17-9-5-2-6-10-17)21-14-23(21)18-11-12-19-20(13-18)26-15-25-19/h1-13,21,24H,14-15H2/t21-,23?/m1/s1. The molecule has 3 aromatic rings. The number of rotatable bonds is 4. The number of fused-ring (bicyclic) bond motifs is 1. The number of anilines is 1. The van der Waals surface area contributed by atoms with Crippen molar-refractivity contribution in [2.24, 2.45) is 0 Å². The van der Waals surface area contributed by atoms with E-state index in [0.29, 0.717) is 0 Å². The maximum atomic E-state index is 11.8. The van der Waals surface area contributed by atoms with Gasteiger partial charge in [-0.2, -0.15) is 0 Å². The first-order chi connectivity index (χ1) is 12.8. The lowest BCUT2D eigenvalue weighted by Crippen LogP contribution is -2.36. The highest BCUT2D eigenvalue weighted by Crippen LogP contribution is 2.46. The average Bonchev–Trinajstić information content (AvgIpc) is 3.38. The van der Waals surface area contributed by atoms with Crippen molar-refractivity contribution in [1.29, 1.82) is 0 Å². The summed E-state index contributed by atoms with van der Waals surface area (Å²) in [5.41, 5.74) is 1.77. The van der Waals surface area contributed by atoms with Crippen molar-refractivity contribution < 1.29 is 14.6 Å². The summed E-state index contributed by atoms with van der Waals surface area (Å²) >= 11 is 0. The van der Waals surface area contributed by atoms with Crippen molar-refractivity contribution in [3.8, 4) is 11.5 Å². The van der Waals surface area contributed by atoms with E-state index < -0.39 is 5.60 Å². The molecule has 4 nitrogen and oxygen atoms in total. The lowest BCUT2D eigenvalue weighted by molar-refractivity contribution is 0.0821. The second-order valence-corrected chi connectivity index (χ2v) is 6.70. The van der Waals surface area contributed by atoms with Crippen LogP contribution in [0.15, 0.2) is 78.9 Å². The molecule has 1 saturated heterocycles. The number of hydrogen-bond donors (Lipinski definition) is 1. The van der Waals surface area contributed by atoms with Crippen LogP contribution in [-0.2, 0) is 5.60 Å². The normalized spacial score (nSPS) is 18.0. The van der Waals surface area contributed by atoms with Crippen molar-refractivity contribution >= 4 is 5.69 Å². The van der Waals surface area contributed by atoms with Crippen LogP contribution in [0.25, 0.3) is 0 Å². The SMILES string of the molecule is OC(c1ccccc1)(c1ccccc1)[C@H]1CN1c1ccc2c(c1)OCO2. The van der Waals surface area contributed by atoms with E-state index in [0.717, 1.165) is 34.9 Å². The minimum atomic E-state index is -1.07. The largest absolute Gasteiger partial charge is 0.454 e. The summed E-state index contributed by atoms with van der Waals surface area (Å²) in [5, 5.41) is 11.8. The molecule has 0 bridgehead atoms. The zero-order valence-corrected chi connectivity index (χ0v) is 14.2. The Bertz CT molecular complexity index is 887. The van der Waals surface area contributed by atoms with Crippen LogP contribution >= 0.6 is 0 Å². The quantitative estimate of drug-likeness (QED) is 0.735. The van der Waals surface area contributed by atoms with Gasteiger partial charge in [0.05, 0.1) is 6.04 Å². The molecular weight excluding hydrogens is 326 g/mol. The highest BCUT2D eigenvalue weighted by atomic mass is 16.7. The van der Waals surface area contributed by atoms with Gasteiger partial charge in [-0.15, -0.1) is 0 Å². The summed E-state index contributed by atoms with van der Waals surface area (Å²) in [6.07, 6.45) is 0. The number of aliphatic hydroxyl groups is 1. The Balaban J connectivity index is 1.53. The molecule has 2 heterocycles. The summed E-state index contributed by atoms with van der Waals surface area (Å²) in [4.78, 5) is 2.20. The number of ether oxygens (including phenoxy) is 2. The van der Waals surface area contributed by atoms with Crippen molar-refractivity contribution in [2.75, 3.05) is 18.2 Å². The fraction of sp³-hybridized carbons (Fsp3) is 0.182. The third-order valence-corrected chi connectivity index (χ3v) is 5.21. The summed E-state index contributed by atoms with van der Waals surface area (Å²) in [5.74, 6) is 1.53. The highest BCUT2D eigenvalue weighted by Gasteiger charge is 2.52. The molecule has 2 aliphatic rings. The molecule has 2 aliphatic heterocycles. The van der Waals surface area contributed by atoms with E-state index in [9.17, 15) is 5.11 Å². The molecule has 0 aromatic heterocycles. The van der Waals surface area contributed by atoms with E-state index >= 15 is 0 Å². The maximum absolute atomic E-state index is 11.8. The molecule has 1 fully saturated rings. The highest BCUT2D eigenvalue weighted by molar-refractivity contribution is 5.63. The van der Waals surface area contributed by atoms with Crippen molar-refractivity contribution in [1.82, 2.24) is 0 Å². The van der Waals surface area contributed by atoms with Gasteiger partial charge in [-0.25, -0.2) is 0 Å². The van der Waals surface area contributed by atoms with Gasteiger partial charge in [-0.3, -0.25) is 0 Å². The second-order valence-electron chi connectivity index (χ2n) is 6.70. The number of benzene rings is 3. The molecule has 1 atom stereocenters. The molecule has 0 spiro atoms. The van der Waals surface area contributed by atoms with E-state index in [-0.39, 0.29) is 12.8 Å². The molecule has 1 N–H and O–H groups in total. The lowest BCUT2D eigenvalue weighted by Gasteiger charge is -2.30. The molecular formula is C22H19NO3. The van der Waals surface area contributed by atoms with Crippen LogP contribution in [0.5, 0.6) is 11.5 Å². The molecule has 130 valence electrons. The van der Waals surface area contributed by atoms with E-state index in [1.807, 2.05) is 78.9 Å². The third-order valence-electron chi connectivity index (χ3n) is 5.21. The Labute approximate surface area is 152 Å². The second kappa shape index (κ2) is 5.78. The summed E-state index contributed by atoms with van der Waals surface area (Å²) in [6.45, 7) is 1.04. The zero-order valence-electron chi connectivity index (χ0n) is 14.2. The maximum Gasteiger partial charge on any atom is 0.231 e. The summed E-state index contributed by atoms with van der Waals surface area (Å²) < 4.78 is 10.9. The fourth-order valence-corrected chi connectivity index (χ4v) is 3.78. The van der Waals surface area contributed by atoms with Gasteiger partial charge in [0.2, 0.25) is 6.79 Å². The predicted molar refractivity (Wildman–Crippen MR) is 99.6 cm³/mol. The number of nitrogens with zero attached hydrogens (tertiary/aromatic N) is 1. The number of hydrogen-bond acceptors (Lipinski definition) is 4. The Morgan fingerprint density at radius 1 is 0.808 bits per heavy atom. The van der Waals surface area contributed by atoms with Crippen LogP contribution in [0.3, 0.4) is 0 Å². The van der Waals surface area contributed by atoms with E-state index in [1.165, 1.54) is 0 Å². The Kier molecular flexibility index (Phi) is 3.40. The molecule has 3 aromatic carbocycles. The van der Waals surface area contributed by atoms with E-state index in [2.05, 4.69) is 4.90 Å². The van der Waals surface area contributed by atoms with Crippen LogP contribution in [0.1, 0.15) is 11.1 Å². The molecule has 0 amide bonds. The van der Waals surface area contributed by atoms with Crippen LogP contribution in [-0.4, -0.2) is 24.5 Å². The van der Waals surface area contributed by atoms with Crippen LogP contribution in [0.4, 0.5) is 5.69 Å². The first kappa shape index (κ1) is 15.3. The topological polar surface area (TPSA) is 41.7 Å². The van der Waals surface area contributed by atoms with Gasteiger partial charge in [0.25, 0.3) is 0 Å². The van der Waals surface area contributed by atoms with Crippen molar-refractivity contribution in [3.63, 3.8) is 0 Å². The molecule has 5 rings (SSSR count). The molecule has 0 saturated carbocycles. The van der Waals surface area contributed by atoms with Crippen LogP contribution in [0.2, 0.25) is 0 Å². The van der Waals surface area contributed by atoms with Gasteiger partial charge in [0.15, 0.2) is 11.5 Å². The van der Waals surface area contributed by atoms with Gasteiger partial charge < -0.3 is 19.5 Å². The van der Waals surface area contributed by atoms with Crippen LogP contribution in [0, 0.1) is 0 Å². The van der Waals surface area contributed by atoms with Gasteiger partial charge in [0, 0.05) is 18.3 Å². The molecule has 26 heavy (non-hydrogen) atoms. The van der Waals surface area contributed by atoms with Gasteiger partial charge in [-0.05, 0) is 23.3 Å².